The fourth-order valence-corrected chi connectivity index (χ4v) is 2.89. The van der Waals surface area contributed by atoms with Crippen LogP contribution in [0, 0.1) is 0 Å². The van der Waals surface area contributed by atoms with E-state index in [2.05, 4.69) is 0 Å². The Morgan fingerprint density at radius 3 is 2.64 bits per heavy atom. The van der Waals surface area contributed by atoms with Crippen LogP contribution in [0.25, 0.3) is 0 Å². The quantitative estimate of drug-likeness (QED) is 0.763. The van der Waals surface area contributed by atoms with Crippen molar-refractivity contribution in [3.8, 4) is 0 Å². The summed E-state index contributed by atoms with van der Waals surface area (Å²) in [6, 6.07) is 7.43. The topological polar surface area (TPSA) is 46.6 Å². The number of likely N-dealkylation sites (tertiary alicyclic amines) is 1. The summed E-state index contributed by atoms with van der Waals surface area (Å²) in [5.74, 6) is 0. The molecule has 1 aliphatic rings. The molecule has 1 atom stereocenters. The average Bonchev–Trinajstić information content (AvgIpc) is 2.71. The van der Waals surface area contributed by atoms with Gasteiger partial charge < -0.3 is 9.64 Å². The molecule has 1 unspecified atom stereocenters. The van der Waals surface area contributed by atoms with Crippen molar-refractivity contribution >= 4 is 12.4 Å². The zero-order valence-corrected chi connectivity index (χ0v) is 13.7. The zero-order chi connectivity index (χ0) is 16.2. The molecule has 0 bridgehead atoms. The summed E-state index contributed by atoms with van der Waals surface area (Å²) in [6.45, 7) is 6.29. The van der Waals surface area contributed by atoms with Crippen molar-refractivity contribution in [3.05, 3.63) is 35.4 Å². The van der Waals surface area contributed by atoms with Gasteiger partial charge in [-0.1, -0.05) is 37.1 Å². The number of rotatable bonds is 2. The first-order valence-corrected chi connectivity index (χ1v) is 7.96. The van der Waals surface area contributed by atoms with E-state index >= 15 is 0 Å². The molecular weight excluding hydrogens is 278 g/mol. The summed E-state index contributed by atoms with van der Waals surface area (Å²) >= 11 is 0. The molecule has 0 N–H and O–H groups in total. The molecule has 0 radical (unpaired) electrons. The van der Waals surface area contributed by atoms with Gasteiger partial charge in [-0.05, 0) is 39.2 Å². The average molecular weight is 303 g/mol. The lowest BCUT2D eigenvalue weighted by Crippen LogP contribution is -2.39. The zero-order valence-electron chi connectivity index (χ0n) is 13.7. The van der Waals surface area contributed by atoms with Crippen molar-refractivity contribution < 1.29 is 14.3 Å². The number of ether oxygens (including phenoxy) is 1. The van der Waals surface area contributed by atoms with E-state index in [4.69, 9.17) is 4.74 Å². The predicted octanol–water partition coefficient (Wildman–Crippen LogP) is 4.35. The summed E-state index contributed by atoms with van der Waals surface area (Å²) in [6.07, 6.45) is 4.56. The second kappa shape index (κ2) is 6.95. The summed E-state index contributed by atoms with van der Waals surface area (Å²) in [5, 5.41) is 0. The van der Waals surface area contributed by atoms with Gasteiger partial charge in [0.15, 0.2) is 0 Å². The van der Waals surface area contributed by atoms with Crippen LogP contribution in [0.4, 0.5) is 4.79 Å². The van der Waals surface area contributed by atoms with Gasteiger partial charge in [-0.25, -0.2) is 4.79 Å². The molecule has 4 heteroatoms. The lowest BCUT2D eigenvalue weighted by molar-refractivity contribution is 0.0162. The monoisotopic (exact) mass is 303 g/mol. The van der Waals surface area contributed by atoms with Crippen LogP contribution in [-0.2, 0) is 4.74 Å². The second-order valence-corrected chi connectivity index (χ2v) is 6.79. The normalized spacial score (nSPS) is 19.4. The number of carbonyl (C=O) groups excluding carboxylic acids is 2. The summed E-state index contributed by atoms with van der Waals surface area (Å²) in [5.41, 5.74) is 1.06. The molecule has 0 saturated carbocycles. The lowest BCUT2D eigenvalue weighted by Gasteiger charge is -2.33. The molecule has 1 amide bonds. The summed E-state index contributed by atoms with van der Waals surface area (Å²) in [4.78, 5) is 25.7. The number of hydrogen-bond acceptors (Lipinski definition) is 3. The van der Waals surface area contributed by atoms with E-state index in [1.807, 2.05) is 39.0 Å². The van der Waals surface area contributed by atoms with Crippen LogP contribution in [0.15, 0.2) is 24.3 Å². The molecule has 2 rings (SSSR count). The van der Waals surface area contributed by atoms with Crippen molar-refractivity contribution in [2.75, 3.05) is 6.54 Å². The van der Waals surface area contributed by atoms with E-state index in [1.54, 1.807) is 11.0 Å². The minimum atomic E-state index is -0.516. The minimum Gasteiger partial charge on any atom is -0.444 e. The number of aldehydes is 1. The predicted molar refractivity (Wildman–Crippen MR) is 86.0 cm³/mol. The third-order valence-electron chi connectivity index (χ3n) is 3.86. The van der Waals surface area contributed by atoms with Gasteiger partial charge in [0.25, 0.3) is 0 Å². The Balaban J connectivity index is 2.31. The second-order valence-electron chi connectivity index (χ2n) is 6.79. The maximum Gasteiger partial charge on any atom is 0.410 e. The van der Waals surface area contributed by atoms with Gasteiger partial charge in [-0.2, -0.15) is 0 Å². The number of hydrogen-bond donors (Lipinski definition) is 0. The first-order valence-electron chi connectivity index (χ1n) is 7.96. The van der Waals surface area contributed by atoms with Crippen LogP contribution in [-0.4, -0.2) is 29.4 Å². The Morgan fingerprint density at radius 1 is 1.23 bits per heavy atom. The van der Waals surface area contributed by atoms with Crippen molar-refractivity contribution in [1.82, 2.24) is 4.90 Å². The third-order valence-corrected chi connectivity index (χ3v) is 3.86. The highest BCUT2D eigenvalue weighted by atomic mass is 16.6. The van der Waals surface area contributed by atoms with E-state index in [1.165, 1.54) is 0 Å². The smallest absolute Gasteiger partial charge is 0.410 e. The van der Waals surface area contributed by atoms with Crippen LogP contribution in [0.5, 0.6) is 0 Å². The van der Waals surface area contributed by atoms with E-state index < -0.39 is 5.60 Å². The van der Waals surface area contributed by atoms with E-state index in [0.717, 1.165) is 37.5 Å². The van der Waals surface area contributed by atoms with E-state index in [0.29, 0.717) is 12.1 Å². The molecule has 22 heavy (non-hydrogen) atoms. The molecular formula is C18H25NO3. The minimum absolute atomic E-state index is 0.0845. The van der Waals surface area contributed by atoms with Gasteiger partial charge in [0.2, 0.25) is 0 Å². The maximum atomic E-state index is 12.6. The van der Waals surface area contributed by atoms with Gasteiger partial charge in [-0.15, -0.1) is 0 Å². The maximum absolute atomic E-state index is 12.6. The summed E-state index contributed by atoms with van der Waals surface area (Å²) < 4.78 is 5.56. The Hall–Kier alpha value is -1.84. The molecule has 1 aromatic carbocycles. The molecule has 4 nitrogen and oxygen atoms in total. The number of nitrogens with zero attached hydrogens (tertiary/aromatic N) is 1. The Labute approximate surface area is 132 Å². The van der Waals surface area contributed by atoms with Gasteiger partial charge in [0.05, 0.1) is 6.04 Å². The van der Waals surface area contributed by atoms with Crippen LogP contribution >= 0.6 is 0 Å². The highest BCUT2D eigenvalue weighted by Crippen LogP contribution is 2.32. The molecule has 1 heterocycles. The molecule has 1 saturated heterocycles. The van der Waals surface area contributed by atoms with Crippen molar-refractivity contribution in [2.24, 2.45) is 0 Å². The van der Waals surface area contributed by atoms with Crippen molar-refractivity contribution in [1.29, 1.82) is 0 Å². The highest BCUT2D eigenvalue weighted by Gasteiger charge is 2.31. The fraction of sp³-hybridized carbons (Fsp3) is 0.556. The first-order chi connectivity index (χ1) is 10.4. The molecule has 120 valence electrons. The van der Waals surface area contributed by atoms with Gasteiger partial charge in [0, 0.05) is 12.1 Å². The Morgan fingerprint density at radius 2 is 1.95 bits per heavy atom. The van der Waals surface area contributed by atoms with Crippen LogP contribution < -0.4 is 0 Å². The highest BCUT2D eigenvalue weighted by molar-refractivity contribution is 5.78. The molecule has 0 aromatic heterocycles. The lowest BCUT2D eigenvalue weighted by atomic mass is 9.96. The fourth-order valence-electron chi connectivity index (χ4n) is 2.89. The standard InChI is InChI=1S/C18H25NO3/c1-18(2,3)22-17(21)19-12-8-4-5-11-16(19)15-10-7-6-9-14(15)13-20/h6-7,9-10,13,16H,4-5,8,11-12H2,1-3H3. The molecule has 0 aliphatic carbocycles. The van der Waals surface area contributed by atoms with Crippen LogP contribution in [0.1, 0.15) is 68.4 Å². The van der Waals surface area contributed by atoms with E-state index in [9.17, 15) is 9.59 Å². The number of carbonyl (C=O) groups is 2. The van der Waals surface area contributed by atoms with Crippen molar-refractivity contribution in [3.63, 3.8) is 0 Å². The van der Waals surface area contributed by atoms with E-state index in [-0.39, 0.29) is 12.1 Å². The van der Waals surface area contributed by atoms with Crippen LogP contribution in [0.2, 0.25) is 0 Å². The first kappa shape index (κ1) is 16.5. The van der Waals surface area contributed by atoms with Crippen molar-refractivity contribution in [2.45, 2.75) is 58.1 Å². The SMILES string of the molecule is CC(C)(C)OC(=O)N1CCCCCC1c1ccccc1C=O. The Kier molecular flexibility index (Phi) is 5.22. The van der Waals surface area contributed by atoms with Gasteiger partial charge in [-0.3, -0.25) is 4.79 Å². The Bertz CT molecular complexity index is 533. The number of amides is 1. The van der Waals surface area contributed by atoms with Crippen LogP contribution in [0.3, 0.4) is 0 Å². The third kappa shape index (κ3) is 4.09. The molecule has 1 aromatic rings. The largest absolute Gasteiger partial charge is 0.444 e. The molecule has 0 spiro atoms. The molecule has 1 aliphatic heterocycles. The summed E-state index contributed by atoms with van der Waals surface area (Å²) in [7, 11) is 0. The molecule has 1 fully saturated rings. The van der Waals surface area contributed by atoms with Gasteiger partial charge >= 0.3 is 6.09 Å². The van der Waals surface area contributed by atoms with Gasteiger partial charge in [0.1, 0.15) is 11.9 Å². The number of benzene rings is 1.